The third-order valence-corrected chi connectivity index (χ3v) is 6.25. The normalized spacial score (nSPS) is 11.9. The SMILES string of the molecule is Cc1cc(C(=O)CSc2nc(C(F)(F)F)nc3ccccc23)c(C)n1-c1nccs1. The summed E-state index contributed by atoms with van der Waals surface area (Å²) >= 11 is 2.44. The Morgan fingerprint density at radius 1 is 1.20 bits per heavy atom. The lowest BCUT2D eigenvalue weighted by Crippen LogP contribution is -2.12. The molecule has 0 saturated heterocycles. The molecule has 0 N–H and O–H groups in total. The molecule has 0 bridgehead atoms. The molecular weight excluding hydrogens is 433 g/mol. The average Bonchev–Trinajstić information content (AvgIpc) is 3.32. The largest absolute Gasteiger partial charge is 0.451 e. The summed E-state index contributed by atoms with van der Waals surface area (Å²) in [6.45, 7) is 3.71. The second kappa shape index (κ2) is 7.84. The summed E-state index contributed by atoms with van der Waals surface area (Å²) in [7, 11) is 0. The van der Waals surface area contributed by atoms with Crippen molar-refractivity contribution in [2.24, 2.45) is 0 Å². The number of carbonyl (C=O) groups is 1. The summed E-state index contributed by atoms with van der Waals surface area (Å²) < 4.78 is 41.4. The van der Waals surface area contributed by atoms with Crippen molar-refractivity contribution in [1.82, 2.24) is 19.5 Å². The van der Waals surface area contributed by atoms with Crippen LogP contribution in [0.25, 0.3) is 16.0 Å². The van der Waals surface area contributed by atoms with Gasteiger partial charge in [-0.05, 0) is 26.0 Å². The fraction of sp³-hybridized carbons (Fsp3) is 0.200. The van der Waals surface area contributed by atoms with E-state index in [2.05, 4.69) is 15.0 Å². The summed E-state index contributed by atoms with van der Waals surface area (Å²) in [5.41, 5.74) is 2.32. The molecule has 154 valence electrons. The van der Waals surface area contributed by atoms with Crippen LogP contribution in [0, 0.1) is 13.8 Å². The van der Waals surface area contributed by atoms with Crippen LogP contribution in [0.4, 0.5) is 13.2 Å². The summed E-state index contributed by atoms with van der Waals surface area (Å²) in [5, 5.41) is 3.23. The van der Waals surface area contributed by atoms with Gasteiger partial charge in [-0.1, -0.05) is 30.0 Å². The Bertz CT molecular complexity index is 1230. The van der Waals surface area contributed by atoms with E-state index in [0.717, 1.165) is 28.3 Å². The monoisotopic (exact) mass is 448 g/mol. The van der Waals surface area contributed by atoms with Gasteiger partial charge in [0.1, 0.15) is 5.03 Å². The molecule has 0 unspecified atom stereocenters. The van der Waals surface area contributed by atoms with Crippen molar-refractivity contribution in [3.8, 4) is 5.13 Å². The molecule has 0 aliphatic carbocycles. The van der Waals surface area contributed by atoms with Crippen molar-refractivity contribution in [3.05, 3.63) is 64.7 Å². The van der Waals surface area contributed by atoms with Crippen molar-refractivity contribution in [3.63, 3.8) is 0 Å². The number of hydrogen-bond donors (Lipinski definition) is 0. The molecule has 0 spiro atoms. The highest BCUT2D eigenvalue weighted by atomic mass is 32.2. The Morgan fingerprint density at radius 2 is 1.97 bits per heavy atom. The number of halogens is 3. The lowest BCUT2D eigenvalue weighted by molar-refractivity contribution is -0.145. The maximum absolute atomic E-state index is 13.2. The van der Waals surface area contributed by atoms with Gasteiger partial charge in [-0.25, -0.2) is 15.0 Å². The van der Waals surface area contributed by atoms with Gasteiger partial charge >= 0.3 is 6.18 Å². The molecule has 5 nitrogen and oxygen atoms in total. The minimum atomic E-state index is -4.66. The number of carbonyl (C=O) groups excluding carboxylic acids is 1. The molecule has 0 aliphatic rings. The molecule has 0 radical (unpaired) electrons. The zero-order valence-corrected chi connectivity index (χ0v) is 17.5. The Hall–Kier alpha value is -2.72. The fourth-order valence-corrected chi connectivity index (χ4v) is 4.82. The maximum Gasteiger partial charge on any atom is 0.451 e. The molecule has 0 fully saturated rings. The Balaban J connectivity index is 1.64. The van der Waals surface area contributed by atoms with E-state index in [0.29, 0.717) is 10.9 Å². The number of alkyl halides is 3. The maximum atomic E-state index is 13.2. The third-order valence-electron chi connectivity index (χ3n) is 4.50. The van der Waals surface area contributed by atoms with Crippen molar-refractivity contribution in [2.45, 2.75) is 25.0 Å². The van der Waals surface area contributed by atoms with Gasteiger partial charge in [0.15, 0.2) is 10.9 Å². The molecule has 3 heterocycles. The van der Waals surface area contributed by atoms with E-state index in [1.807, 2.05) is 23.8 Å². The highest BCUT2D eigenvalue weighted by molar-refractivity contribution is 8.00. The van der Waals surface area contributed by atoms with Crippen LogP contribution in [0.1, 0.15) is 27.6 Å². The van der Waals surface area contributed by atoms with Crippen molar-refractivity contribution < 1.29 is 18.0 Å². The first-order chi connectivity index (χ1) is 14.3. The number of para-hydroxylation sites is 1. The van der Waals surface area contributed by atoms with Crippen molar-refractivity contribution in [1.29, 1.82) is 0 Å². The van der Waals surface area contributed by atoms with Crippen molar-refractivity contribution in [2.75, 3.05) is 5.75 Å². The first-order valence-electron chi connectivity index (χ1n) is 8.84. The number of ketones is 1. The Kier molecular flexibility index (Phi) is 5.37. The molecule has 1 aromatic carbocycles. The number of aromatic nitrogens is 4. The highest BCUT2D eigenvalue weighted by Gasteiger charge is 2.35. The van der Waals surface area contributed by atoms with E-state index in [4.69, 9.17) is 0 Å². The van der Waals surface area contributed by atoms with Gasteiger partial charge in [0, 0.05) is 33.9 Å². The standard InChI is InChI=1S/C20H15F3N4OS2/c1-11-9-14(12(2)27(11)19-24-7-8-29-19)16(28)10-30-17-13-5-3-4-6-15(13)25-18(26-17)20(21,22)23/h3-9H,10H2,1-2H3. The molecule has 30 heavy (non-hydrogen) atoms. The number of thioether (sulfide) groups is 1. The number of hydrogen-bond acceptors (Lipinski definition) is 6. The highest BCUT2D eigenvalue weighted by Crippen LogP contribution is 2.32. The third kappa shape index (κ3) is 3.84. The van der Waals surface area contributed by atoms with E-state index in [1.54, 1.807) is 30.5 Å². The lowest BCUT2D eigenvalue weighted by Gasteiger charge is -2.10. The predicted octanol–water partition coefficient (Wildman–Crippen LogP) is 5.49. The van der Waals surface area contributed by atoms with Gasteiger partial charge in [0.25, 0.3) is 0 Å². The first-order valence-corrected chi connectivity index (χ1v) is 10.7. The number of thiazole rings is 1. The van der Waals surface area contributed by atoms with Gasteiger partial charge in [-0.2, -0.15) is 13.2 Å². The lowest BCUT2D eigenvalue weighted by atomic mass is 10.2. The van der Waals surface area contributed by atoms with Gasteiger partial charge in [-0.3, -0.25) is 9.36 Å². The zero-order chi connectivity index (χ0) is 21.5. The van der Waals surface area contributed by atoms with Gasteiger partial charge in [-0.15, -0.1) is 11.3 Å². The van der Waals surface area contributed by atoms with E-state index in [9.17, 15) is 18.0 Å². The van der Waals surface area contributed by atoms with Crippen LogP contribution in [0.3, 0.4) is 0 Å². The summed E-state index contributed by atoms with van der Waals surface area (Å²) in [6, 6.07) is 8.24. The number of rotatable bonds is 5. The van der Waals surface area contributed by atoms with Crippen LogP contribution in [-0.4, -0.2) is 31.1 Å². The fourth-order valence-electron chi connectivity index (χ4n) is 3.16. The Morgan fingerprint density at radius 3 is 2.67 bits per heavy atom. The van der Waals surface area contributed by atoms with Crippen LogP contribution in [0.15, 0.2) is 46.9 Å². The minimum Gasteiger partial charge on any atom is -0.294 e. The number of Topliss-reactive ketones (excluding diaryl/α,β-unsaturated/α-hetero) is 1. The van der Waals surface area contributed by atoms with Gasteiger partial charge in [0.2, 0.25) is 5.82 Å². The minimum absolute atomic E-state index is 0.0412. The van der Waals surface area contributed by atoms with Crippen LogP contribution < -0.4 is 0 Å². The summed E-state index contributed by atoms with van der Waals surface area (Å²) in [5.74, 6) is -1.44. The van der Waals surface area contributed by atoms with Crippen LogP contribution in [-0.2, 0) is 6.18 Å². The second-order valence-corrected chi connectivity index (χ2v) is 8.35. The van der Waals surface area contributed by atoms with E-state index >= 15 is 0 Å². The number of aryl methyl sites for hydroxylation is 1. The van der Waals surface area contributed by atoms with Gasteiger partial charge < -0.3 is 0 Å². The molecule has 4 aromatic rings. The predicted molar refractivity (Wildman–Crippen MR) is 111 cm³/mol. The van der Waals surface area contributed by atoms with E-state index in [-0.39, 0.29) is 22.1 Å². The van der Waals surface area contributed by atoms with Crippen molar-refractivity contribution >= 4 is 39.8 Å². The number of nitrogens with zero attached hydrogens (tertiary/aromatic N) is 4. The van der Waals surface area contributed by atoms with Gasteiger partial charge in [0.05, 0.1) is 11.3 Å². The molecule has 0 amide bonds. The topological polar surface area (TPSA) is 60.7 Å². The van der Waals surface area contributed by atoms with E-state index in [1.165, 1.54) is 17.4 Å². The quantitative estimate of drug-likeness (QED) is 0.230. The molecule has 0 aliphatic heterocycles. The molecule has 0 atom stereocenters. The average molecular weight is 448 g/mol. The molecular formula is C20H15F3N4OS2. The van der Waals surface area contributed by atoms with Crippen LogP contribution >= 0.6 is 23.1 Å². The first kappa shape index (κ1) is 20.5. The molecule has 0 saturated carbocycles. The molecule has 3 aromatic heterocycles. The van der Waals surface area contributed by atoms with Crippen LogP contribution in [0.2, 0.25) is 0 Å². The van der Waals surface area contributed by atoms with E-state index < -0.39 is 12.0 Å². The molecule has 4 rings (SSSR count). The number of benzene rings is 1. The summed E-state index contributed by atoms with van der Waals surface area (Å²) in [4.78, 5) is 24.4. The zero-order valence-electron chi connectivity index (χ0n) is 15.9. The second-order valence-electron chi connectivity index (χ2n) is 6.51. The molecule has 10 heteroatoms. The smallest absolute Gasteiger partial charge is 0.294 e. The Labute approximate surface area is 178 Å². The number of fused-ring (bicyclic) bond motifs is 1. The van der Waals surface area contributed by atoms with Crippen LogP contribution in [0.5, 0.6) is 0 Å². The summed E-state index contributed by atoms with van der Waals surface area (Å²) in [6.07, 6.45) is -2.98.